The minimum Gasteiger partial charge on any atom is -0.481 e. The zero-order valence-electron chi connectivity index (χ0n) is 19.0. The number of nitrogens with one attached hydrogen (secondary N) is 1. The molecule has 3 rings (SSSR count). The maximum atomic E-state index is 13.0. The Hall–Kier alpha value is -2.10. The number of carboxylic acids is 2. The summed E-state index contributed by atoms with van der Waals surface area (Å²) in [5, 5.41) is 22.6. The summed E-state index contributed by atoms with van der Waals surface area (Å²) in [6.07, 6.45) is 7.75. The van der Waals surface area contributed by atoms with Gasteiger partial charge >= 0.3 is 11.9 Å². The van der Waals surface area contributed by atoms with Crippen LogP contribution in [0.5, 0.6) is 0 Å². The van der Waals surface area contributed by atoms with Crippen LogP contribution in [0.15, 0.2) is 29.2 Å². The van der Waals surface area contributed by atoms with Gasteiger partial charge in [-0.15, -0.1) is 11.8 Å². The van der Waals surface area contributed by atoms with Crippen molar-refractivity contribution in [2.24, 2.45) is 17.6 Å². The van der Waals surface area contributed by atoms with Gasteiger partial charge in [0, 0.05) is 4.90 Å². The van der Waals surface area contributed by atoms with E-state index in [9.17, 15) is 24.6 Å². The molecule has 1 fully saturated rings. The van der Waals surface area contributed by atoms with Gasteiger partial charge < -0.3 is 21.3 Å². The fraction of sp³-hybridized carbons (Fsp3) is 0.625. The Labute approximate surface area is 199 Å². The summed E-state index contributed by atoms with van der Waals surface area (Å²) < 4.78 is 0. The highest BCUT2D eigenvalue weighted by Gasteiger charge is 2.46. The van der Waals surface area contributed by atoms with Gasteiger partial charge in [0.05, 0.1) is 22.9 Å². The minimum absolute atomic E-state index is 0.230. The number of thioether (sulfide) groups is 1. The number of carbonyl (C=O) groups excluding carboxylic acids is 1. The van der Waals surface area contributed by atoms with E-state index < -0.39 is 35.2 Å². The molecule has 0 aromatic heterocycles. The average molecular weight is 478 g/mol. The predicted octanol–water partition coefficient (Wildman–Crippen LogP) is 3.30. The Morgan fingerprint density at radius 1 is 1.15 bits per heavy atom. The van der Waals surface area contributed by atoms with Crippen molar-refractivity contribution >= 4 is 35.3 Å². The van der Waals surface area contributed by atoms with Gasteiger partial charge in [-0.1, -0.05) is 44.2 Å². The largest absolute Gasteiger partial charge is 0.481 e. The van der Waals surface area contributed by atoms with E-state index in [1.807, 2.05) is 0 Å². The Morgan fingerprint density at radius 3 is 2.55 bits per heavy atom. The van der Waals surface area contributed by atoms with Crippen LogP contribution < -0.4 is 16.0 Å². The van der Waals surface area contributed by atoms with Crippen molar-refractivity contribution in [1.82, 2.24) is 5.32 Å². The zero-order valence-corrected chi connectivity index (χ0v) is 19.8. The summed E-state index contributed by atoms with van der Waals surface area (Å²) in [7, 11) is 0. The van der Waals surface area contributed by atoms with E-state index in [0.717, 1.165) is 44.7 Å². The van der Waals surface area contributed by atoms with Crippen LogP contribution in [-0.2, 0) is 14.4 Å². The number of rotatable bonds is 11. The molecule has 182 valence electrons. The number of para-hydroxylation sites is 1. The maximum Gasteiger partial charge on any atom is 0.323 e. The number of fused-ring (bicyclic) bond motifs is 1. The Morgan fingerprint density at radius 2 is 1.85 bits per heavy atom. The molecule has 0 aliphatic carbocycles. The highest BCUT2D eigenvalue weighted by atomic mass is 32.2. The first kappa shape index (κ1) is 25.5. The monoisotopic (exact) mass is 477 g/mol. The Balaban J connectivity index is 1.62. The van der Waals surface area contributed by atoms with Crippen molar-refractivity contribution in [2.75, 3.05) is 24.5 Å². The number of anilines is 1. The third kappa shape index (κ3) is 6.94. The van der Waals surface area contributed by atoms with Gasteiger partial charge in [0.25, 0.3) is 0 Å². The molecule has 8 nitrogen and oxygen atoms in total. The minimum atomic E-state index is -1.35. The van der Waals surface area contributed by atoms with Crippen molar-refractivity contribution in [3.05, 3.63) is 24.3 Å². The molecular weight excluding hydrogens is 442 g/mol. The summed E-state index contributed by atoms with van der Waals surface area (Å²) in [5.74, 6) is -2.73. The van der Waals surface area contributed by atoms with Crippen molar-refractivity contribution in [1.29, 1.82) is 0 Å². The van der Waals surface area contributed by atoms with E-state index in [1.165, 1.54) is 35.9 Å². The second-order valence-electron chi connectivity index (χ2n) is 9.15. The molecule has 5 N–H and O–H groups in total. The number of amides is 1. The molecule has 9 heteroatoms. The summed E-state index contributed by atoms with van der Waals surface area (Å²) in [6, 6.07) is 6.94. The van der Waals surface area contributed by atoms with Crippen LogP contribution in [-0.4, -0.2) is 52.6 Å². The first-order valence-electron chi connectivity index (χ1n) is 11.8. The lowest BCUT2D eigenvalue weighted by atomic mass is 9.89. The molecule has 2 heterocycles. The SMILES string of the molecule is N[C@]1([C@@H](CCCCCCC2CCNCC2)C(=O)O)CC(=O)N(CC(=O)O)c2ccccc2S1. The summed E-state index contributed by atoms with van der Waals surface area (Å²) >= 11 is 1.17. The second-order valence-corrected chi connectivity index (χ2v) is 10.6. The number of nitrogens with two attached hydrogens (primary N) is 1. The van der Waals surface area contributed by atoms with Crippen molar-refractivity contribution < 1.29 is 24.6 Å². The van der Waals surface area contributed by atoms with Gasteiger partial charge in [-0.3, -0.25) is 19.3 Å². The zero-order chi connectivity index (χ0) is 23.8. The number of nitrogens with zero attached hydrogens (tertiary/aromatic N) is 1. The van der Waals surface area contributed by atoms with Gasteiger partial charge in [-0.25, -0.2) is 0 Å². The normalized spacial score (nSPS) is 22.5. The first-order chi connectivity index (χ1) is 15.8. The molecule has 1 aromatic rings. The number of carbonyl (C=O) groups is 3. The van der Waals surface area contributed by atoms with E-state index >= 15 is 0 Å². The third-order valence-electron chi connectivity index (χ3n) is 6.68. The lowest BCUT2D eigenvalue weighted by molar-refractivity contribution is -0.143. The molecule has 1 saturated heterocycles. The molecule has 33 heavy (non-hydrogen) atoms. The summed E-state index contributed by atoms with van der Waals surface area (Å²) in [5.41, 5.74) is 7.08. The van der Waals surface area contributed by atoms with Crippen LogP contribution in [0.2, 0.25) is 0 Å². The predicted molar refractivity (Wildman–Crippen MR) is 128 cm³/mol. The van der Waals surface area contributed by atoms with Crippen LogP contribution in [0, 0.1) is 11.8 Å². The molecule has 0 radical (unpaired) electrons. The van der Waals surface area contributed by atoms with Crippen LogP contribution in [0.4, 0.5) is 5.69 Å². The third-order valence-corrected chi connectivity index (χ3v) is 8.05. The number of unbranched alkanes of at least 4 members (excludes halogenated alkanes) is 3. The maximum absolute atomic E-state index is 13.0. The Bertz CT molecular complexity index is 845. The van der Waals surface area contributed by atoms with Crippen molar-refractivity contribution in [3.63, 3.8) is 0 Å². The topological polar surface area (TPSA) is 133 Å². The number of hydrogen-bond acceptors (Lipinski definition) is 6. The summed E-state index contributed by atoms with van der Waals surface area (Å²) in [6.45, 7) is 1.72. The van der Waals surface area contributed by atoms with Crippen LogP contribution >= 0.6 is 11.8 Å². The van der Waals surface area contributed by atoms with Crippen molar-refractivity contribution in [2.45, 2.75) is 67.6 Å². The number of hydrogen-bond donors (Lipinski definition) is 4. The second kappa shape index (κ2) is 11.9. The highest BCUT2D eigenvalue weighted by molar-refractivity contribution is 8.00. The van der Waals surface area contributed by atoms with Crippen molar-refractivity contribution in [3.8, 4) is 0 Å². The number of carboxylic acid groups (broad SMARTS) is 2. The van der Waals surface area contributed by atoms with Gasteiger partial charge in [0.15, 0.2) is 0 Å². The highest BCUT2D eigenvalue weighted by Crippen LogP contribution is 2.46. The summed E-state index contributed by atoms with van der Waals surface area (Å²) in [4.78, 5) is 37.0. The average Bonchev–Trinajstić information content (AvgIpc) is 2.87. The molecule has 0 bridgehead atoms. The number of benzene rings is 1. The molecule has 2 aliphatic heterocycles. The van der Waals surface area contributed by atoms with Gasteiger partial charge in [-0.2, -0.15) is 0 Å². The lowest BCUT2D eigenvalue weighted by Crippen LogP contribution is -2.50. The molecule has 0 spiro atoms. The van der Waals surface area contributed by atoms with Gasteiger partial charge in [-0.05, 0) is 50.4 Å². The molecule has 1 aromatic carbocycles. The van der Waals surface area contributed by atoms with Gasteiger partial charge in [0.1, 0.15) is 6.54 Å². The molecule has 2 atom stereocenters. The van der Waals surface area contributed by atoms with E-state index in [0.29, 0.717) is 17.0 Å². The van der Waals surface area contributed by atoms with Crippen LogP contribution in [0.1, 0.15) is 57.8 Å². The van der Waals surface area contributed by atoms with E-state index in [2.05, 4.69) is 5.32 Å². The molecule has 2 aliphatic rings. The van der Waals surface area contributed by atoms with E-state index in [1.54, 1.807) is 24.3 Å². The lowest BCUT2D eigenvalue weighted by Gasteiger charge is -2.33. The van der Waals surface area contributed by atoms with Crippen LogP contribution in [0.25, 0.3) is 0 Å². The molecule has 0 unspecified atom stereocenters. The number of piperidine rings is 1. The van der Waals surface area contributed by atoms with E-state index in [4.69, 9.17) is 5.73 Å². The standard InChI is InChI=1S/C24H35N3O5S/c25-24(15-21(28)27(16-22(29)30)19-9-5-6-10-20(19)33-24)18(23(31)32)8-4-2-1-3-7-17-11-13-26-14-12-17/h5-6,9-10,17-18,26H,1-4,7-8,11-16,25H2,(H,29,30)(H,31,32)/t18-,24+/m0/s1. The first-order valence-corrected chi connectivity index (χ1v) is 12.6. The fourth-order valence-corrected chi connectivity index (χ4v) is 6.25. The molecule has 1 amide bonds. The molecular formula is C24H35N3O5S. The van der Waals surface area contributed by atoms with Crippen LogP contribution in [0.3, 0.4) is 0 Å². The number of aliphatic carboxylic acids is 2. The quantitative estimate of drug-likeness (QED) is 0.357. The van der Waals surface area contributed by atoms with E-state index in [-0.39, 0.29) is 6.42 Å². The van der Waals surface area contributed by atoms with Gasteiger partial charge in [0.2, 0.25) is 5.91 Å². The smallest absolute Gasteiger partial charge is 0.323 e. The molecule has 0 saturated carbocycles. The fourth-order valence-electron chi connectivity index (χ4n) is 4.86. The Kier molecular flexibility index (Phi) is 9.17.